The molecule has 0 saturated heterocycles. The molecule has 2 atom stereocenters. The second-order valence-electron chi connectivity index (χ2n) is 5.34. The van der Waals surface area contributed by atoms with Gasteiger partial charge in [0.1, 0.15) is 13.2 Å². The summed E-state index contributed by atoms with van der Waals surface area (Å²) in [7, 11) is -4.30. The third-order valence-corrected chi connectivity index (χ3v) is 4.78. The van der Waals surface area contributed by atoms with Crippen LogP contribution in [0.4, 0.5) is 0 Å². The molecule has 0 aromatic heterocycles. The molecule has 2 aromatic rings. The quantitative estimate of drug-likeness (QED) is 0.303. The van der Waals surface area contributed by atoms with Crippen LogP contribution in [-0.4, -0.2) is 13.2 Å². The van der Waals surface area contributed by atoms with Crippen LogP contribution in [0.5, 0.6) is 11.5 Å². The number of benzene rings is 2. The molecule has 0 aliphatic rings. The highest BCUT2D eigenvalue weighted by Crippen LogP contribution is 2.29. The molecule has 138 valence electrons. The summed E-state index contributed by atoms with van der Waals surface area (Å²) in [5, 5.41) is 0. The van der Waals surface area contributed by atoms with Gasteiger partial charge in [-0.05, 0) is 37.1 Å². The molecule has 8 heteroatoms. The standard InChI is InChI=1S/C18H22O6P2/c19-25(23-17-11-5-3-6-12-17)21-15-9-1-2-10-16-22-26(20)24-18-13-7-4-8-14-18/h3-8,11-14H,1-2,9-10,15-16H2/q+2. The highest BCUT2D eigenvalue weighted by Gasteiger charge is 2.22. The van der Waals surface area contributed by atoms with E-state index < -0.39 is 16.5 Å². The van der Waals surface area contributed by atoms with Gasteiger partial charge in [0.15, 0.2) is 11.5 Å². The third-order valence-electron chi connectivity index (χ3n) is 3.28. The van der Waals surface area contributed by atoms with E-state index in [1.807, 2.05) is 12.1 Å². The lowest BCUT2D eigenvalue weighted by Crippen LogP contribution is -1.93. The molecule has 26 heavy (non-hydrogen) atoms. The highest BCUT2D eigenvalue weighted by atomic mass is 31.1. The van der Waals surface area contributed by atoms with Crippen molar-refractivity contribution in [2.75, 3.05) is 13.2 Å². The largest absolute Gasteiger partial charge is 0.750 e. The SMILES string of the molecule is O=[P+](OCCCCCCO[P+](=O)Oc1ccccc1)Oc1ccccc1. The minimum Gasteiger partial charge on any atom is -0.229 e. The molecule has 0 saturated carbocycles. The monoisotopic (exact) mass is 396 g/mol. The lowest BCUT2D eigenvalue weighted by molar-refractivity contribution is 0.264. The minimum absolute atomic E-state index is 0.369. The molecule has 0 aliphatic heterocycles. The molecule has 0 radical (unpaired) electrons. The molecule has 2 aromatic carbocycles. The Hall–Kier alpha value is -1.84. The van der Waals surface area contributed by atoms with Gasteiger partial charge in [-0.1, -0.05) is 49.2 Å². The van der Waals surface area contributed by atoms with Gasteiger partial charge in [-0.25, -0.2) is 9.05 Å². The van der Waals surface area contributed by atoms with Crippen LogP contribution in [0.1, 0.15) is 25.7 Å². The van der Waals surface area contributed by atoms with Gasteiger partial charge in [-0.2, -0.15) is 0 Å². The Morgan fingerprint density at radius 2 is 0.962 bits per heavy atom. The van der Waals surface area contributed by atoms with Gasteiger partial charge in [0.05, 0.1) is 0 Å². The number of hydrogen-bond donors (Lipinski definition) is 0. The van der Waals surface area contributed by atoms with Gasteiger partial charge in [-0.15, -0.1) is 9.05 Å². The predicted molar refractivity (Wildman–Crippen MR) is 99.7 cm³/mol. The molecule has 2 unspecified atom stereocenters. The van der Waals surface area contributed by atoms with E-state index in [0.717, 1.165) is 25.7 Å². The molecular formula is C18H22O6P2+2. The van der Waals surface area contributed by atoms with Crippen molar-refractivity contribution in [3.63, 3.8) is 0 Å². The number of rotatable bonds is 13. The van der Waals surface area contributed by atoms with E-state index >= 15 is 0 Å². The van der Waals surface area contributed by atoms with Crippen molar-refractivity contribution in [2.24, 2.45) is 0 Å². The van der Waals surface area contributed by atoms with Crippen LogP contribution in [0.25, 0.3) is 0 Å². The average Bonchev–Trinajstić information content (AvgIpc) is 2.65. The summed E-state index contributed by atoms with van der Waals surface area (Å²) in [6.07, 6.45) is 3.33. The third kappa shape index (κ3) is 9.02. The molecule has 0 fully saturated rings. The summed E-state index contributed by atoms with van der Waals surface area (Å²) in [4.78, 5) is 0. The van der Waals surface area contributed by atoms with Gasteiger partial charge in [0.2, 0.25) is 0 Å². The molecular weight excluding hydrogens is 374 g/mol. The van der Waals surface area contributed by atoms with Crippen molar-refractivity contribution in [3.05, 3.63) is 60.7 Å². The summed E-state index contributed by atoms with van der Waals surface area (Å²) in [5.74, 6) is 1.05. The summed E-state index contributed by atoms with van der Waals surface area (Å²) in [5.41, 5.74) is 0. The van der Waals surface area contributed by atoms with Crippen LogP contribution in [0.15, 0.2) is 60.7 Å². The summed E-state index contributed by atoms with van der Waals surface area (Å²) < 4.78 is 43.8. The second kappa shape index (κ2) is 12.5. The summed E-state index contributed by atoms with van der Waals surface area (Å²) in [6, 6.07) is 17.8. The summed E-state index contributed by atoms with van der Waals surface area (Å²) >= 11 is 0. The second-order valence-corrected chi connectivity index (χ2v) is 7.11. The van der Waals surface area contributed by atoms with Gasteiger partial charge >= 0.3 is 16.5 Å². The fraction of sp³-hybridized carbons (Fsp3) is 0.333. The van der Waals surface area contributed by atoms with Gasteiger partial charge in [-0.3, -0.25) is 0 Å². The molecule has 0 amide bonds. The van der Waals surface area contributed by atoms with Crippen LogP contribution < -0.4 is 9.05 Å². The van der Waals surface area contributed by atoms with Gasteiger partial charge in [0.25, 0.3) is 0 Å². The molecule has 0 bridgehead atoms. The van der Waals surface area contributed by atoms with E-state index in [0.29, 0.717) is 24.7 Å². The van der Waals surface area contributed by atoms with E-state index in [2.05, 4.69) is 0 Å². The maximum absolute atomic E-state index is 11.6. The van der Waals surface area contributed by atoms with E-state index in [-0.39, 0.29) is 0 Å². The topological polar surface area (TPSA) is 71.1 Å². The van der Waals surface area contributed by atoms with E-state index in [1.165, 1.54) is 0 Å². The van der Waals surface area contributed by atoms with Crippen LogP contribution in [-0.2, 0) is 18.2 Å². The first-order chi connectivity index (χ1) is 12.7. The van der Waals surface area contributed by atoms with Crippen LogP contribution >= 0.6 is 16.5 Å². The Kier molecular flexibility index (Phi) is 9.84. The predicted octanol–water partition coefficient (Wildman–Crippen LogP) is 6.05. The molecule has 6 nitrogen and oxygen atoms in total. The number of para-hydroxylation sites is 2. The first-order valence-electron chi connectivity index (χ1n) is 8.40. The Bertz CT molecular complexity index is 606. The number of unbranched alkanes of at least 4 members (excludes halogenated alkanes) is 3. The fourth-order valence-electron chi connectivity index (χ4n) is 2.02. The minimum atomic E-state index is -2.15. The first kappa shape index (κ1) is 20.5. The Balaban J connectivity index is 1.43. The van der Waals surface area contributed by atoms with Crippen molar-refractivity contribution in [3.8, 4) is 11.5 Å². The molecule has 0 aliphatic carbocycles. The Labute approximate surface area is 155 Å². The summed E-state index contributed by atoms with van der Waals surface area (Å²) in [6.45, 7) is 0.739. The smallest absolute Gasteiger partial charge is 0.229 e. The van der Waals surface area contributed by atoms with Crippen LogP contribution in [0, 0.1) is 0 Å². The van der Waals surface area contributed by atoms with Crippen molar-refractivity contribution >= 4 is 16.5 Å². The van der Waals surface area contributed by atoms with Crippen molar-refractivity contribution in [1.29, 1.82) is 0 Å². The highest BCUT2D eigenvalue weighted by molar-refractivity contribution is 7.34. The van der Waals surface area contributed by atoms with Gasteiger partial charge < -0.3 is 0 Å². The maximum Gasteiger partial charge on any atom is 0.750 e. The average molecular weight is 396 g/mol. The Morgan fingerprint density at radius 3 is 1.35 bits per heavy atom. The van der Waals surface area contributed by atoms with Crippen molar-refractivity contribution in [1.82, 2.24) is 0 Å². The number of hydrogen-bond acceptors (Lipinski definition) is 6. The van der Waals surface area contributed by atoms with Gasteiger partial charge in [0, 0.05) is 9.13 Å². The van der Waals surface area contributed by atoms with E-state index in [1.54, 1.807) is 48.5 Å². The molecule has 2 rings (SSSR count). The molecule has 0 heterocycles. The Morgan fingerprint density at radius 1 is 0.577 bits per heavy atom. The van der Waals surface area contributed by atoms with E-state index in [4.69, 9.17) is 18.1 Å². The van der Waals surface area contributed by atoms with Crippen LogP contribution in [0.2, 0.25) is 0 Å². The zero-order chi connectivity index (χ0) is 18.5. The molecule has 0 N–H and O–H groups in total. The van der Waals surface area contributed by atoms with Crippen molar-refractivity contribution in [2.45, 2.75) is 25.7 Å². The lowest BCUT2D eigenvalue weighted by Gasteiger charge is -1.96. The zero-order valence-corrected chi connectivity index (χ0v) is 16.1. The van der Waals surface area contributed by atoms with E-state index in [9.17, 15) is 9.13 Å². The van der Waals surface area contributed by atoms with Crippen molar-refractivity contribution < 1.29 is 27.2 Å². The van der Waals surface area contributed by atoms with Crippen LogP contribution in [0.3, 0.4) is 0 Å². The first-order valence-corrected chi connectivity index (χ1v) is 10.6. The fourth-order valence-corrected chi connectivity index (χ4v) is 3.27. The zero-order valence-electron chi connectivity index (χ0n) is 14.4. The normalized spacial score (nSPS) is 11.7. The molecule has 0 spiro atoms. The maximum atomic E-state index is 11.6. The lowest BCUT2D eigenvalue weighted by atomic mass is 10.2.